The Morgan fingerprint density at radius 3 is 2.50 bits per heavy atom. The molecule has 6 heteroatoms. The molecule has 4 aromatic rings. The lowest BCUT2D eigenvalue weighted by Gasteiger charge is -2.13. The number of carboxylic acids is 1. The molecule has 0 saturated carbocycles. The van der Waals surface area contributed by atoms with Gasteiger partial charge in [0.15, 0.2) is 0 Å². The Kier molecular flexibility index (Phi) is 6.40. The summed E-state index contributed by atoms with van der Waals surface area (Å²) in [7, 11) is 1.62. The van der Waals surface area contributed by atoms with Crippen LogP contribution in [0.15, 0.2) is 76.3 Å². The number of aryl methyl sites for hydroxylation is 1. The third-order valence-electron chi connectivity index (χ3n) is 5.80. The van der Waals surface area contributed by atoms with Crippen LogP contribution in [-0.2, 0) is 11.2 Å². The van der Waals surface area contributed by atoms with Gasteiger partial charge in [0.25, 0.3) is 0 Å². The van der Waals surface area contributed by atoms with Crippen molar-refractivity contribution in [1.29, 1.82) is 0 Å². The van der Waals surface area contributed by atoms with Gasteiger partial charge in [0.05, 0.1) is 18.7 Å². The number of oxime groups is 1. The Labute approximate surface area is 185 Å². The van der Waals surface area contributed by atoms with Gasteiger partial charge in [0.2, 0.25) is 0 Å². The van der Waals surface area contributed by atoms with Gasteiger partial charge in [-0.15, -0.1) is 0 Å². The molecule has 0 radical (unpaired) electrons. The Morgan fingerprint density at radius 1 is 1.03 bits per heavy atom. The molecule has 4 rings (SSSR count). The van der Waals surface area contributed by atoms with Gasteiger partial charge in [-0.3, -0.25) is 4.79 Å². The van der Waals surface area contributed by atoms with Gasteiger partial charge in [-0.25, -0.2) is 0 Å². The monoisotopic (exact) mass is 431 g/mol. The number of furan rings is 1. The molecule has 32 heavy (non-hydrogen) atoms. The highest BCUT2D eigenvalue weighted by atomic mass is 16.5. The zero-order chi connectivity index (χ0) is 22.5. The van der Waals surface area contributed by atoms with Gasteiger partial charge in [-0.2, -0.15) is 0 Å². The number of ether oxygens (including phenoxy) is 1. The number of carbonyl (C=O) groups is 1. The Bertz CT molecular complexity index is 1260. The van der Waals surface area contributed by atoms with Gasteiger partial charge < -0.3 is 19.5 Å². The van der Waals surface area contributed by atoms with E-state index in [2.05, 4.69) is 5.16 Å². The summed E-state index contributed by atoms with van der Waals surface area (Å²) in [5.74, 6) is -0.741. The van der Waals surface area contributed by atoms with Crippen LogP contribution in [0.1, 0.15) is 30.4 Å². The Hall–Kier alpha value is -3.80. The van der Waals surface area contributed by atoms with Gasteiger partial charge in [0.1, 0.15) is 16.9 Å². The van der Waals surface area contributed by atoms with Crippen molar-refractivity contribution in [2.75, 3.05) is 7.11 Å². The van der Waals surface area contributed by atoms with E-state index in [4.69, 9.17) is 9.15 Å². The van der Waals surface area contributed by atoms with Crippen LogP contribution in [0.4, 0.5) is 0 Å². The molecule has 6 nitrogen and oxygen atoms in total. The molecule has 0 bridgehead atoms. The number of fused-ring (bicyclic) bond motifs is 3. The van der Waals surface area contributed by atoms with Crippen LogP contribution in [0.5, 0.6) is 5.75 Å². The summed E-state index contributed by atoms with van der Waals surface area (Å²) in [6.07, 6.45) is 2.12. The van der Waals surface area contributed by atoms with Gasteiger partial charge >= 0.3 is 5.97 Å². The van der Waals surface area contributed by atoms with E-state index in [0.717, 1.165) is 39.7 Å². The number of methoxy groups -OCH3 is 1. The van der Waals surface area contributed by atoms with E-state index in [-0.39, 0.29) is 6.42 Å². The van der Waals surface area contributed by atoms with E-state index in [1.165, 1.54) is 0 Å². The van der Waals surface area contributed by atoms with Crippen LogP contribution < -0.4 is 4.74 Å². The third-order valence-corrected chi connectivity index (χ3v) is 5.80. The van der Waals surface area contributed by atoms with Gasteiger partial charge in [-0.05, 0) is 61.2 Å². The van der Waals surface area contributed by atoms with E-state index in [0.29, 0.717) is 24.1 Å². The first kappa shape index (κ1) is 21.4. The molecule has 1 heterocycles. The summed E-state index contributed by atoms with van der Waals surface area (Å²) >= 11 is 0. The second kappa shape index (κ2) is 9.56. The molecular weight excluding hydrogens is 406 g/mol. The Morgan fingerprint density at radius 2 is 1.78 bits per heavy atom. The molecule has 1 aromatic heterocycles. The molecule has 0 fully saturated rings. The van der Waals surface area contributed by atoms with Crippen molar-refractivity contribution in [3.8, 4) is 5.75 Å². The summed E-state index contributed by atoms with van der Waals surface area (Å²) in [5.41, 5.74) is 3.69. The number of carboxylic acid groups (broad SMARTS) is 1. The number of nitrogens with zero attached hydrogens (tertiary/aromatic N) is 1. The predicted molar refractivity (Wildman–Crippen MR) is 124 cm³/mol. The van der Waals surface area contributed by atoms with Crippen molar-refractivity contribution in [3.63, 3.8) is 0 Å². The fourth-order valence-electron chi connectivity index (χ4n) is 4.01. The summed E-state index contributed by atoms with van der Waals surface area (Å²) in [5, 5.41) is 24.7. The highest BCUT2D eigenvalue weighted by molar-refractivity contribution is 6.10. The van der Waals surface area contributed by atoms with Crippen LogP contribution in [0, 0.1) is 5.92 Å². The molecule has 0 aliphatic carbocycles. The lowest BCUT2D eigenvalue weighted by atomic mass is 9.92. The quantitative estimate of drug-likeness (QED) is 0.196. The molecule has 1 atom stereocenters. The first-order valence-electron chi connectivity index (χ1n) is 10.6. The molecule has 2 N–H and O–H groups in total. The first-order chi connectivity index (χ1) is 15.6. The number of aliphatic carboxylic acids is 1. The molecule has 1 unspecified atom stereocenters. The second-order valence-corrected chi connectivity index (χ2v) is 7.84. The standard InChI is InChI=1S/C26H25NO5/c1-31-20-12-9-17(10-13-20)5-4-6-19(26(28)29)16-23(27-30)18-11-14-25-22(15-18)21-7-2-3-8-24(21)32-25/h2-3,7-15,19,30H,4-6,16H2,1H3,(H,28,29). The number of benzene rings is 3. The minimum Gasteiger partial charge on any atom is -0.497 e. The molecule has 0 aliphatic rings. The van der Waals surface area contributed by atoms with E-state index in [1.807, 2.05) is 60.7 Å². The summed E-state index contributed by atoms with van der Waals surface area (Å²) in [4.78, 5) is 11.9. The first-order valence-corrected chi connectivity index (χ1v) is 10.6. The van der Waals surface area contributed by atoms with E-state index in [1.54, 1.807) is 13.2 Å². The minimum absolute atomic E-state index is 0.149. The van der Waals surface area contributed by atoms with Gasteiger partial charge in [-0.1, -0.05) is 35.5 Å². The van der Waals surface area contributed by atoms with Crippen molar-refractivity contribution in [2.45, 2.75) is 25.7 Å². The maximum atomic E-state index is 11.9. The van der Waals surface area contributed by atoms with Crippen LogP contribution >= 0.6 is 0 Å². The fourth-order valence-corrected chi connectivity index (χ4v) is 4.01. The Balaban J connectivity index is 1.47. The highest BCUT2D eigenvalue weighted by Gasteiger charge is 2.22. The normalized spacial score (nSPS) is 12.8. The van der Waals surface area contributed by atoms with Crippen molar-refractivity contribution in [2.24, 2.45) is 11.1 Å². The van der Waals surface area contributed by atoms with Gasteiger partial charge in [0, 0.05) is 22.8 Å². The maximum absolute atomic E-state index is 11.9. The van der Waals surface area contributed by atoms with Crippen LogP contribution in [0.25, 0.3) is 21.9 Å². The lowest BCUT2D eigenvalue weighted by Crippen LogP contribution is -2.19. The van der Waals surface area contributed by atoms with Crippen molar-refractivity contribution >= 4 is 33.6 Å². The van der Waals surface area contributed by atoms with E-state index in [9.17, 15) is 15.1 Å². The molecule has 3 aromatic carbocycles. The highest BCUT2D eigenvalue weighted by Crippen LogP contribution is 2.30. The molecule has 0 aliphatic heterocycles. The van der Waals surface area contributed by atoms with Crippen LogP contribution in [-0.4, -0.2) is 29.1 Å². The van der Waals surface area contributed by atoms with E-state index < -0.39 is 11.9 Å². The average Bonchev–Trinajstić information content (AvgIpc) is 3.19. The fraction of sp³-hybridized carbons (Fsp3) is 0.231. The lowest BCUT2D eigenvalue weighted by molar-refractivity contribution is -0.141. The molecular formula is C26H25NO5. The SMILES string of the molecule is COc1ccc(CCCC(CC(=NO)c2ccc3oc4ccccc4c3c2)C(=O)O)cc1. The van der Waals surface area contributed by atoms with Crippen molar-refractivity contribution in [1.82, 2.24) is 0 Å². The zero-order valence-corrected chi connectivity index (χ0v) is 17.8. The number of rotatable bonds is 9. The number of para-hydroxylation sites is 1. The van der Waals surface area contributed by atoms with Crippen molar-refractivity contribution in [3.05, 3.63) is 77.9 Å². The summed E-state index contributed by atoms with van der Waals surface area (Å²) in [6.45, 7) is 0. The van der Waals surface area contributed by atoms with E-state index >= 15 is 0 Å². The smallest absolute Gasteiger partial charge is 0.306 e. The maximum Gasteiger partial charge on any atom is 0.306 e. The zero-order valence-electron chi connectivity index (χ0n) is 17.8. The largest absolute Gasteiger partial charge is 0.497 e. The molecule has 0 amide bonds. The van der Waals surface area contributed by atoms with Crippen LogP contribution in [0.3, 0.4) is 0 Å². The van der Waals surface area contributed by atoms with Crippen molar-refractivity contribution < 1.29 is 24.3 Å². The predicted octanol–water partition coefficient (Wildman–Crippen LogP) is 5.89. The number of hydrogen-bond acceptors (Lipinski definition) is 5. The average molecular weight is 431 g/mol. The van der Waals surface area contributed by atoms with Crippen LogP contribution in [0.2, 0.25) is 0 Å². The molecule has 0 spiro atoms. The minimum atomic E-state index is -0.893. The second-order valence-electron chi connectivity index (χ2n) is 7.84. The molecule has 0 saturated heterocycles. The molecule has 164 valence electrons. The summed E-state index contributed by atoms with van der Waals surface area (Å²) < 4.78 is 11.0. The topological polar surface area (TPSA) is 92.3 Å². The third kappa shape index (κ3) is 4.59. The summed E-state index contributed by atoms with van der Waals surface area (Å²) in [6, 6.07) is 21.0. The number of hydrogen-bond donors (Lipinski definition) is 2.